The molecule has 200 valence electrons. The third-order valence-corrected chi connectivity index (χ3v) is 6.96. The fourth-order valence-corrected chi connectivity index (χ4v) is 4.89. The normalized spacial score (nSPS) is 14.4. The van der Waals surface area contributed by atoms with Gasteiger partial charge in [0.25, 0.3) is 5.91 Å². The minimum Gasteiger partial charge on any atom is -0.490 e. The van der Waals surface area contributed by atoms with Crippen molar-refractivity contribution in [1.29, 1.82) is 0 Å². The highest BCUT2D eigenvalue weighted by Gasteiger charge is 2.34. The molecule has 2 heterocycles. The van der Waals surface area contributed by atoms with Gasteiger partial charge in [0.05, 0.1) is 12.2 Å². The Morgan fingerprint density at radius 2 is 1.77 bits per heavy atom. The molecule has 0 fully saturated rings. The summed E-state index contributed by atoms with van der Waals surface area (Å²) in [6.45, 7) is 4.37. The molecule has 2 N–H and O–H groups in total. The first-order chi connectivity index (χ1) is 18.8. The van der Waals surface area contributed by atoms with Crippen molar-refractivity contribution in [2.24, 2.45) is 0 Å². The average Bonchev–Trinajstić information content (AvgIpc) is 3.37. The van der Waals surface area contributed by atoms with E-state index >= 15 is 0 Å². The Morgan fingerprint density at radius 1 is 1.00 bits per heavy atom. The zero-order valence-corrected chi connectivity index (χ0v) is 23.3. The summed E-state index contributed by atoms with van der Waals surface area (Å²) in [7, 11) is 0. The first kappa shape index (κ1) is 26.9. The summed E-state index contributed by atoms with van der Waals surface area (Å²) >= 11 is 18.3. The van der Waals surface area contributed by atoms with E-state index in [1.54, 1.807) is 41.1 Å². The van der Waals surface area contributed by atoms with Crippen LogP contribution in [0.5, 0.6) is 11.5 Å². The minimum atomic E-state index is -0.574. The molecule has 1 aliphatic heterocycles. The molecule has 1 aliphatic rings. The van der Waals surface area contributed by atoms with Crippen LogP contribution in [0.2, 0.25) is 15.1 Å². The number of ether oxygens (including phenoxy) is 2. The van der Waals surface area contributed by atoms with Gasteiger partial charge in [-0.05, 0) is 67.9 Å². The van der Waals surface area contributed by atoms with Crippen molar-refractivity contribution in [1.82, 2.24) is 14.8 Å². The number of hydrogen-bond donors (Lipinski definition) is 2. The fourth-order valence-electron chi connectivity index (χ4n) is 4.30. The van der Waals surface area contributed by atoms with E-state index in [1.807, 2.05) is 38.1 Å². The molecule has 0 unspecified atom stereocenters. The molecule has 39 heavy (non-hydrogen) atoms. The second kappa shape index (κ2) is 11.6. The summed E-state index contributed by atoms with van der Waals surface area (Å²) in [5.74, 6) is 1.29. The van der Waals surface area contributed by atoms with Gasteiger partial charge in [-0.1, -0.05) is 46.9 Å². The third kappa shape index (κ3) is 5.83. The van der Waals surface area contributed by atoms with Crippen LogP contribution in [0.15, 0.2) is 78.3 Å². The van der Waals surface area contributed by atoms with Crippen molar-refractivity contribution >= 4 is 52.3 Å². The van der Waals surface area contributed by atoms with E-state index in [1.165, 1.54) is 6.33 Å². The summed E-state index contributed by atoms with van der Waals surface area (Å²) in [6, 6.07) is 17.1. The Morgan fingerprint density at radius 3 is 2.51 bits per heavy atom. The SMILES string of the molecule is CCOc1cc([C@@H]2C(C(=O)Nc3ccc(Cl)cc3)=C(C)Nc3ncnn32)ccc1OCc1ccc(Cl)cc1Cl. The molecule has 4 aromatic rings. The first-order valence-electron chi connectivity index (χ1n) is 12.1. The lowest BCUT2D eigenvalue weighted by atomic mass is 9.94. The molecule has 1 aromatic heterocycles. The second-order valence-electron chi connectivity index (χ2n) is 8.72. The van der Waals surface area contributed by atoms with Crippen molar-refractivity contribution in [2.45, 2.75) is 26.5 Å². The molecule has 3 aromatic carbocycles. The molecule has 0 aliphatic carbocycles. The van der Waals surface area contributed by atoms with Crippen molar-refractivity contribution < 1.29 is 14.3 Å². The number of aromatic nitrogens is 3. The van der Waals surface area contributed by atoms with Crippen LogP contribution in [0.3, 0.4) is 0 Å². The molecule has 0 radical (unpaired) electrons. The van der Waals surface area contributed by atoms with Crippen LogP contribution in [0, 0.1) is 0 Å². The predicted octanol–water partition coefficient (Wildman–Crippen LogP) is 7.14. The summed E-state index contributed by atoms with van der Waals surface area (Å²) < 4.78 is 13.7. The Kier molecular flexibility index (Phi) is 7.97. The molecule has 11 heteroatoms. The molecule has 0 saturated carbocycles. The van der Waals surface area contributed by atoms with Crippen molar-refractivity contribution in [2.75, 3.05) is 17.2 Å². The maximum absolute atomic E-state index is 13.6. The molecule has 8 nitrogen and oxygen atoms in total. The highest BCUT2D eigenvalue weighted by atomic mass is 35.5. The Labute approximate surface area is 240 Å². The number of nitrogens with zero attached hydrogens (tertiary/aromatic N) is 3. The number of nitrogens with one attached hydrogen (secondary N) is 2. The number of carbonyl (C=O) groups excluding carboxylic acids is 1. The monoisotopic (exact) mass is 583 g/mol. The molecular formula is C28H24Cl3N5O3. The van der Waals surface area contributed by atoms with Gasteiger partial charge in [0.1, 0.15) is 19.0 Å². The lowest BCUT2D eigenvalue weighted by Crippen LogP contribution is -2.31. The zero-order valence-electron chi connectivity index (χ0n) is 21.0. The Hall–Kier alpha value is -3.72. The number of allylic oxidation sites excluding steroid dienone is 1. The van der Waals surface area contributed by atoms with E-state index in [9.17, 15) is 4.79 Å². The van der Waals surface area contributed by atoms with Crippen LogP contribution in [0.25, 0.3) is 0 Å². The first-order valence-corrected chi connectivity index (χ1v) is 13.2. The number of benzene rings is 3. The van der Waals surface area contributed by atoms with Crippen LogP contribution in [-0.4, -0.2) is 27.3 Å². The summed E-state index contributed by atoms with van der Waals surface area (Å²) in [5, 5.41) is 12.2. The molecular weight excluding hydrogens is 561 g/mol. The predicted molar refractivity (Wildman–Crippen MR) is 153 cm³/mol. The number of fused-ring (bicyclic) bond motifs is 1. The van der Waals surface area contributed by atoms with Gasteiger partial charge in [-0.3, -0.25) is 4.79 Å². The summed E-state index contributed by atoms with van der Waals surface area (Å²) in [4.78, 5) is 17.9. The number of carbonyl (C=O) groups is 1. The smallest absolute Gasteiger partial charge is 0.255 e. The van der Waals surface area contributed by atoms with Gasteiger partial charge in [0.15, 0.2) is 11.5 Å². The number of hydrogen-bond acceptors (Lipinski definition) is 6. The average molecular weight is 585 g/mol. The lowest BCUT2D eigenvalue weighted by Gasteiger charge is -2.29. The highest BCUT2D eigenvalue weighted by molar-refractivity contribution is 6.35. The number of rotatable bonds is 8. The molecule has 1 atom stereocenters. The molecule has 5 rings (SSSR count). The third-order valence-electron chi connectivity index (χ3n) is 6.12. The Bertz CT molecular complexity index is 1550. The van der Waals surface area contributed by atoms with Gasteiger partial charge in [-0.15, -0.1) is 0 Å². The van der Waals surface area contributed by atoms with Crippen LogP contribution in [0.4, 0.5) is 11.6 Å². The van der Waals surface area contributed by atoms with Crippen molar-refractivity contribution in [3.8, 4) is 11.5 Å². The van der Waals surface area contributed by atoms with Gasteiger partial charge >= 0.3 is 0 Å². The quantitative estimate of drug-likeness (QED) is 0.229. The number of halogens is 3. The highest BCUT2D eigenvalue weighted by Crippen LogP contribution is 2.39. The molecule has 0 bridgehead atoms. The lowest BCUT2D eigenvalue weighted by molar-refractivity contribution is -0.113. The maximum Gasteiger partial charge on any atom is 0.255 e. The van der Waals surface area contributed by atoms with Gasteiger partial charge in [-0.2, -0.15) is 10.1 Å². The van der Waals surface area contributed by atoms with Gasteiger partial charge in [0.2, 0.25) is 5.95 Å². The van der Waals surface area contributed by atoms with Crippen molar-refractivity contribution in [3.05, 3.63) is 104 Å². The number of amides is 1. The van der Waals surface area contributed by atoms with E-state index in [0.29, 0.717) is 56.1 Å². The zero-order chi connectivity index (χ0) is 27.5. The molecule has 1 amide bonds. The molecule has 0 saturated heterocycles. The fraction of sp³-hybridized carbons (Fsp3) is 0.179. The summed E-state index contributed by atoms with van der Waals surface area (Å²) in [6.07, 6.45) is 1.44. The van der Waals surface area contributed by atoms with E-state index in [4.69, 9.17) is 44.3 Å². The molecule has 0 spiro atoms. The van der Waals surface area contributed by atoms with E-state index in [2.05, 4.69) is 20.7 Å². The van der Waals surface area contributed by atoms with Crippen molar-refractivity contribution in [3.63, 3.8) is 0 Å². The van der Waals surface area contributed by atoms with Crippen LogP contribution >= 0.6 is 34.8 Å². The van der Waals surface area contributed by atoms with Gasteiger partial charge in [0, 0.05) is 32.0 Å². The van der Waals surface area contributed by atoms with Crippen LogP contribution in [-0.2, 0) is 11.4 Å². The van der Waals surface area contributed by atoms with Gasteiger partial charge < -0.3 is 20.1 Å². The van der Waals surface area contributed by atoms with Crippen LogP contribution in [0.1, 0.15) is 31.0 Å². The Balaban J connectivity index is 1.48. The summed E-state index contributed by atoms with van der Waals surface area (Å²) in [5.41, 5.74) is 3.31. The topological polar surface area (TPSA) is 90.3 Å². The van der Waals surface area contributed by atoms with Gasteiger partial charge in [-0.25, -0.2) is 4.68 Å². The van der Waals surface area contributed by atoms with Crippen LogP contribution < -0.4 is 20.1 Å². The second-order valence-corrected chi connectivity index (χ2v) is 10.00. The standard InChI is InChI=1S/C28H24Cl3N5O3/c1-3-38-24-12-17(5-11-23(24)39-14-18-4-6-20(30)13-22(18)31)26-25(16(2)34-28-32-15-33-36(26)28)27(37)35-21-9-7-19(29)8-10-21/h4-13,15,26H,3,14H2,1-2H3,(H,35,37)(H,32,33,34)/t26-/m1/s1. The van der Waals surface area contributed by atoms with E-state index < -0.39 is 6.04 Å². The minimum absolute atomic E-state index is 0.226. The van der Waals surface area contributed by atoms with E-state index in [-0.39, 0.29) is 12.5 Å². The van der Waals surface area contributed by atoms with E-state index in [0.717, 1.165) is 11.1 Å². The maximum atomic E-state index is 13.6. The number of anilines is 2. The largest absolute Gasteiger partial charge is 0.490 e.